The summed E-state index contributed by atoms with van der Waals surface area (Å²) in [4.78, 5) is 15.1. The summed E-state index contributed by atoms with van der Waals surface area (Å²) in [6, 6.07) is 8.28. The molecule has 110 valence electrons. The number of fused-ring (bicyclic) bond motifs is 6. The van der Waals surface area contributed by atoms with Crippen molar-refractivity contribution >= 4 is 11.6 Å². The van der Waals surface area contributed by atoms with Crippen LogP contribution in [-0.2, 0) is 4.79 Å². The Morgan fingerprint density at radius 1 is 1.10 bits per heavy atom. The molecule has 3 saturated carbocycles. The molecule has 1 aliphatic heterocycles. The third kappa shape index (κ3) is 1.56. The third-order valence-corrected chi connectivity index (χ3v) is 6.58. The number of para-hydroxylation sites is 1. The zero-order chi connectivity index (χ0) is 14.1. The van der Waals surface area contributed by atoms with Crippen molar-refractivity contribution < 1.29 is 4.79 Å². The minimum atomic E-state index is 0.0835. The molecule has 0 spiro atoms. The molecular formula is C18H22N2O. The number of carbonyl (C=O) groups excluding carboxylic acids is 1. The van der Waals surface area contributed by atoms with Crippen LogP contribution in [0.4, 0.5) is 5.69 Å². The number of rotatable bonds is 1. The monoisotopic (exact) mass is 282 g/mol. The van der Waals surface area contributed by atoms with Gasteiger partial charge >= 0.3 is 0 Å². The van der Waals surface area contributed by atoms with Crippen molar-refractivity contribution in [2.45, 2.75) is 31.7 Å². The maximum absolute atomic E-state index is 13.0. The van der Waals surface area contributed by atoms with E-state index in [1.807, 2.05) is 17.0 Å². The van der Waals surface area contributed by atoms with Crippen molar-refractivity contribution in [3.63, 3.8) is 0 Å². The standard InChI is InChI=1S/C18H22N2O/c19-13-7-8-20(14-4-2-1-3-12(13)14)18(21)17-15-10-5-6-11(9-10)16(15)17/h1-4,10-11,13,15-17H,5-9,19H2. The van der Waals surface area contributed by atoms with Gasteiger partial charge in [0.25, 0.3) is 0 Å². The van der Waals surface area contributed by atoms with Gasteiger partial charge < -0.3 is 10.6 Å². The fourth-order valence-corrected chi connectivity index (χ4v) is 5.66. The largest absolute Gasteiger partial charge is 0.324 e. The number of hydrogen-bond acceptors (Lipinski definition) is 2. The van der Waals surface area contributed by atoms with E-state index >= 15 is 0 Å². The van der Waals surface area contributed by atoms with E-state index in [-0.39, 0.29) is 6.04 Å². The fraction of sp³-hybridized carbons (Fsp3) is 0.611. The van der Waals surface area contributed by atoms with Gasteiger partial charge in [0.15, 0.2) is 0 Å². The van der Waals surface area contributed by atoms with Gasteiger partial charge in [0.1, 0.15) is 0 Å². The molecule has 3 fully saturated rings. The summed E-state index contributed by atoms with van der Waals surface area (Å²) < 4.78 is 0. The highest BCUT2D eigenvalue weighted by molar-refractivity contribution is 5.98. The maximum Gasteiger partial charge on any atom is 0.230 e. The number of nitrogens with zero attached hydrogens (tertiary/aromatic N) is 1. The van der Waals surface area contributed by atoms with Crippen LogP contribution in [-0.4, -0.2) is 12.5 Å². The first-order valence-electron chi connectivity index (χ1n) is 8.41. The van der Waals surface area contributed by atoms with E-state index < -0.39 is 0 Å². The quantitative estimate of drug-likeness (QED) is 0.861. The summed E-state index contributed by atoms with van der Waals surface area (Å²) in [6.45, 7) is 0.794. The summed E-state index contributed by atoms with van der Waals surface area (Å²) in [6.07, 6.45) is 5.03. The van der Waals surface area contributed by atoms with Gasteiger partial charge in [-0.25, -0.2) is 0 Å². The molecule has 1 amide bonds. The van der Waals surface area contributed by atoms with Gasteiger partial charge in [-0.05, 0) is 61.0 Å². The molecule has 2 bridgehead atoms. The first-order valence-corrected chi connectivity index (χ1v) is 8.41. The van der Waals surface area contributed by atoms with E-state index in [1.165, 1.54) is 19.3 Å². The minimum absolute atomic E-state index is 0.0835. The van der Waals surface area contributed by atoms with E-state index in [4.69, 9.17) is 5.73 Å². The molecule has 3 nitrogen and oxygen atoms in total. The Morgan fingerprint density at radius 2 is 1.81 bits per heavy atom. The lowest BCUT2D eigenvalue weighted by molar-refractivity contribution is -0.120. The summed E-state index contributed by atoms with van der Waals surface area (Å²) in [7, 11) is 0. The molecule has 1 heterocycles. The van der Waals surface area contributed by atoms with Crippen molar-refractivity contribution in [3.8, 4) is 0 Å². The molecule has 3 aliphatic carbocycles. The number of carbonyl (C=O) groups is 1. The Balaban J connectivity index is 1.44. The highest BCUT2D eigenvalue weighted by atomic mass is 16.2. The van der Waals surface area contributed by atoms with Crippen LogP contribution in [0.15, 0.2) is 24.3 Å². The van der Waals surface area contributed by atoms with E-state index in [9.17, 15) is 4.79 Å². The predicted molar refractivity (Wildman–Crippen MR) is 81.6 cm³/mol. The van der Waals surface area contributed by atoms with Gasteiger partial charge in [-0.15, -0.1) is 0 Å². The molecule has 0 saturated heterocycles. The number of anilines is 1. The summed E-state index contributed by atoms with van der Waals surface area (Å²) >= 11 is 0. The lowest BCUT2D eigenvalue weighted by Crippen LogP contribution is -2.40. The van der Waals surface area contributed by atoms with Gasteiger partial charge in [0.05, 0.1) is 0 Å². The van der Waals surface area contributed by atoms with Gasteiger partial charge in [-0.3, -0.25) is 4.79 Å². The van der Waals surface area contributed by atoms with Gasteiger partial charge in [-0.1, -0.05) is 18.2 Å². The Kier molecular flexibility index (Phi) is 2.38. The van der Waals surface area contributed by atoms with E-state index in [0.29, 0.717) is 11.8 Å². The first-order chi connectivity index (χ1) is 10.3. The van der Waals surface area contributed by atoms with Crippen molar-refractivity contribution in [3.05, 3.63) is 29.8 Å². The Labute approximate surface area is 125 Å². The second-order valence-electron chi connectivity index (χ2n) is 7.46. The lowest BCUT2D eigenvalue weighted by atomic mass is 9.95. The maximum atomic E-state index is 13.0. The average molecular weight is 282 g/mol. The van der Waals surface area contributed by atoms with E-state index in [2.05, 4.69) is 12.1 Å². The van der Waals surface area contributed by atoms with Crippen LogP contribution in [0.3, 0.4) is 0 Å². The normalized spacial score (nSPS) is 42.6. The summed E-state index contributed by atoms with van der Waals surface area (Å²) in [5, 5.41) is 0. The molecule has 0 aromatic heterocycles. The van der Waals surface area contributed by atoms with Crippen LogP contribution in [0.1, 0.15) is 37.3 Å². The Hall–Kier alpha value is -1.35. The van der Waals surface area contributed by atoms with Crippen LogP contribution in [0.25, 0.3) is 0 Å². The summed E-state index contributed by atoms with van der Waals surface area (Å²) in [5.41, 5.74) is 8.42. The molecule has 3 heteroatoms. The highest BCUT2D eigenvalue weighted by Gasteiger charge is 2.68. The third-order valence-electron chi connectivity index (χ3n) is 6.58. The average Bonchev–Trinajstić information content (AvgIpc) is 2.95. The van der Waals surface area contributed by atoms with Crippen LogP contribution in [0.5, 0.6) is 0 Å². The highest BCUT2D eigenvalue weighted by Crippen LogP contribution is 2.69. The zero-order valence-electron chi connectivity index (χ0n) is 12.2. The van der Waals surface area contributed by atoms with Crippen LogP contribution in [0, 0.1) is 29.6 Å². The van der Waals surface area contributed by atoms with Crippen molar-refractivity contribution in [1.29, 1.82) is 0 Å². The molecule has 5 atom stereocenters. The van der Waals surface area contributed by atoms with Crippen LogP contribution in [0.2, 0.25) is 0 Å². The number of amides is 1. The molecule has 5 unspecified atom stereocenters. The second-order valence-corrected chi connectivity index (χ2v) is 7.46. The first kappa shape index (κ1) is 12.2. The molecular weight excluding hydrogens is 260 g/mol. The lowest BCUT2D eigenvalue weighted by Gasteiger charge is -2.33. The molecule has 5 rings (SSSR count). The molecule has 4 aliphatic rings. The smallest absolute Gasteiger partial charge is 0.230 e. The van der Waals surface area contributed by atoms with Gasteiger partial charge in [-0.2, -0.15) is 0 Å². The molecule has 1 aromatic carbocycles. The number of benzene rings is 1. The van der Waals surface area contributed by atoms with Crippen molar-refractivity contribution in [2.75, 3.05) is 11.4 Å². The predicted octanol–water partition coefficient (Wildman–Crippen LogP) is 2.72. The van der Waals surface area contributed by atoms with E-state index in [1.54, 1.807) is 0 Å². The number of hydrogen-bond donors (Lipinski definition) is 1. The van der Waals surface area contributed by atoms with Gasteiger partial charge in [0.2, 0.25) is 5.91 Å². The molecule has 2 N–H and O–H groups in total. The van der Waals surface area contributed by atoms with Crippen LogP contribution < -0.4 is 10.6 Å². The Morgan fingerprint density at radius 3 is 2.57 bits per heavy atom. The van der Waals surface area contributed by atoms with Crippen molar-refractivity contribution in [1.82, 2.24) is 0 Å². The fourth-order valence-electron chi connectivity index (χ4n) is 5.66. The topological polar surface area (TPSA) is 46.3 Å². The number of nitrogens with two attached hydrogens (primary N) is 1. The molecule has 0 radical (unpaired) electrons. The van der Waals surface area contributed by atoms with Gasteiger partial charge in [0, 0.05) is 24.2 Å². The van der Waals surface area contributed by atoms with Crippen LogP contribution >= 0.6 is 0 Å². The Bertz CT molecular complexity index is 597. The molecule has 1 aromatic rings. The SMILES string of the molecule is NC1CCN(C(=O)C2C3C4CCC(C4)C23)c2ccccc21. The molecule has 21 heavy (non-hydrogen) atoms. The van der Waals surface area contributed by atoms with Crippen molar-refractivity contribution in [2.24, 2.45) is 35.3 Å². The zero-order valence-corrected chi connectivity index (χ0v) is 12.2. The second kappa shape index (κ2) is 4.10. The minimum Gasteiger partial charge on any atom is -0.324 e. The summed E-state index contributed by atoms with van der Waals surface area (Å²) in [5.74, 6) is 3.88. The van der Waals surface area contributed by atoms with E-state index in [0.717, 1.165) is 47.9 Å².